The quantitative estimate of drug-likeness (QED) is 0.0546. The van der Waals surface area contributed by atoms with E-state index in [0.717, 1.165) is 32.2 Å². The summed E-state index contributed by atoms with van der Waals surface area (Å²) in [6, 6.07) is 37.3. The van der Waals surface area contributed by atoms with Gasteiger partial charge in [0.2, 0.25) is 32.9 Å². The summed E-state index contributed by atoms with van der Waals surface area (Å²) < 4.78 is 72.9. The van der Waals surface area contributed by atoms with Crippen molar-refractivity contribution in [3.63, 3.8) is 0 Å². The first-order chi connectivity index (χ1) is 40.2. The Morgan fingerprint density at radius 1 is 0.929 bits per heavy atom. The molecule has 1 aromatic heterocycles. The molecule has 12 rings (SSSR count). The van der Waals surface area contributed by atoms with E-state index in [4.69, 9.17) is 32.4 Å². The lowest BCUT2D eigenvalue weighted by Crippen LogP contribution is -2.73. The summed E-state index contributed by atoms with van der Waals surface area (Å²) in [5.74, 6) is -2.57. The van der Waals surface area contributed by atoms with Crippen LogP contribution >= 0.6 is 35.0 Å². The third-order valence-corrected chi connectivity index (χ3v) is 22.6. The summed E-state index contributed by atoms with van der Waals surface area (Å²) >= 11 is 14.5. The molecule has 1 unspecified atom stereocenters. The van der Waals surface area contributed by atoms with E-state index in [1.54, 1.807) is 48.5 Å². The first-order valence-electron chi connectivity index (χ1n) is 26.3. The molecule has 5 aliphatic heterocycles. The average Bonchev–Trinajstić information content (AvgIpc) is 1.60. The largest absolute Gasteiger partial charge is 0.489 e. The number of hydrogen-bond acceptors (Lipinski definition) is 14. The highest BCUT2D eigenvalue weighted by molar-refractivity contribution is 8.00. The van der Waals surface area contributed by atoms with Crippen LogP contribution in [0.5, 0.6) is 5.75 Å². The molecule has 5 atom stereocenters. The minimum absolute atomic E-state index is 0.0360. The molecule has 20 nitrogen and oxygen atoms in total. The Kier molecular flexibility index (Phi) is 14.5. The second-order valence-corrected chi connectivity index (χ2v) is 27.5. The fourth-order valence-electron chi connectivity index (χ4n) is 11.5. The number of carbonyl (C=O) groups is 4. The number of hydrogen-bond donors (Lipinski definition) is 2. The highest BCUT2D eigenvalue weighted by Crippen LogP contribution is 2.49. The molecule has 0 radical (unpaired) electrons. The zero-order chi connectivity index (χ0) is 59.1. The van der Waals surface area contributed by atoms with Crippen molar-refractivity contribution in [1.29, 1.82) is 0 Å². The van der Waals surface area contributed by atoms with Crippen LogP contribution in [0.2, 0.25) is 10.0 Å². The Balaban J connectivity index is 0.772. The maximum atomic E-state index is 14.9. The number of nitrogens with zero attached hydrogens (tertiary/aromatic N) is 8. The van der Waals surface area contributed by atoms with Gasteiger partial charge in [0.15, 0.2) is 9.84 Å². The third kappa shape index (κ3) is 9.46. The number of ether oxygens (including phenoxy) is 1. The van der Waals surface area contributed by atoms with Gasteiger partial charge in [-0.1, -0.05) is 83.0 Å². The van der Waals surface area contributed by atoms with Crippen molar-refractivity contribution in [2.75, 3.05) is 38.4 Å². The summed E-state index contributed by atoms with van der Waals surface area (Å²) in [7, 11) is -3.00. The van der Waals surface area contributed by atoms with Crippen LogP contribution in [-0.4, -0.2) is 136 Å². The Labute approximate surface area is 496 Å². The van der Waals surface area contributed by atoms with Gasteiger partial charge in [-0.3, -0.25) is 24.0 Å². The van der Waals surface area contributed by atoms with Gasteiger partial charge in [0.25, 0.3) is 5.91 Å². The van der Waals surface area contributed by atoms with Crippen LogP contribution in [-0.2, 0) is 52.1 Å². The van der Waals surface area contributed by atoms with Crippen molar-refractivity contribution >= 4 is 107 Å². The first-order valence-corrected chi connectivity index (χ1v) is 31.1. The molecular formula is C59H52Cl2N9O11S3+. The molecule has 5 aromatic carbocycles. The molecule has 0 saturated carbocycles. The Bertz CT molecular complexity index is 4350. The van der Waals surface area contributed by atoms with Gasteiger partial charge in [0.05, 0.1) is 40.8 Å². The van der Waals surface area contributed by atoms with Crippen LogP contribution in [0, 0.1) is 0 Å². The number of carboxylic acid groups (broad SMARTS) is 1. The molecule has 3 fully saturated rings. The number of β-lactam (4-membered cyclic amide) rings is 2. The highest BCUT2D eigenvalue weighted by atomic mass is 35.5. The maximum Gasteiger partial charge on any atom is 0.352 e. The lowest BCUT2D eigenvalue weighted by Gasteiger charge is -2.50. The Hall–Kier alpha value is -8.06. The smallest absolute Gasteiger partial charge is 0.352 e. The second-order valence-electron chi connectivity index (χ2n) is 21.0. The first kappa shape index (κ1) is 56.4. The molecule has 0 spiro atoms. The Morgan fingerprint density at radius 3 is 2.37 bits per heavy atom. The number of anilines is 2. The SMILES string of the molecule is CN(c1ccc2c(-c3ccccc3S(=O)(=O)N(C)Cc3ccc(OCC4=C(C(=O)O)N5C(=O)[C@@H](NC(=O)[C@@H]6N7C(=O)C[C@H]7S(=O)(=O)[C@]6(C)Cn6ccnn6)C5SC4)cc3)c3ccc(=[N+](C)c4ccccc4Cl)cc-3oc2c1)c1ccccc1Cl. The van der Waals surface area contributed by atoms with E-state index in [1.807, 2.05) is 108 Å². The minimum atomic E-state index is -4.21. The number of sulfone groups is 1. The van der Waals surface area contributed by atoms with E-state index in [1.165, 1.54) is 47.1 Å². The monoisotopic (exact) mass is 1230 g/mol. The number of fused-ring (bicyclic) bond motifs is 4. The number of sulfonamides is 1. The van der Waals surface area contributed by atoms with Gasteiger partial charge in [0.1, 0.15) is 69.0 Å². The van der Waals surface area contributed by atoms with Crippen molar-refractivity contribution in [2.45, 2.75) is 58.9 Å². The molecule has 6 aliphatic rings. The van der Waals surface area contributed by atoms with E-state index in [2.05, 4.69) is 15.6 Å². The number of amides is 3. The number of benzene rings is 6. The average molecular weight is 1230 g/mol. The van der Waals surface area contributed by atoms with Crippen LogP contribution in [0.4, 0.5) is 17.1 Å². The summed E-state index contributed by atoms with van der Waals surface area (Å²) in [5.41, 5.74) is 5.19. The van der Waals surface area contributed by atoms with Gasteiger partial charge in [-0.15, -0.1) is 16.9 Å². The molecule has 6 aromatic rings. The zero-order valence-corrected chi connectivity index (χ0v) is 49.3. The normalized spacial score (nSPS) is 21.2. The number of aliphatic carboxylic acids is 1. The van der Waals surface area contributed by atoms with E-state index < -0.39 is 71.1 Å². The predicted molar refractivity (Wildman–Crippen MR) is 317 cm³/mol. The number of carbonyl (C=O) groups excluding carboxylic acids is 3. The molecule has 1 aliphatic carbocycles. The molecule has 0 bridgehead atoms. The van der Waals surface area contributed by atoms with Gasteiger partial charge < -0.3 is 29.4 Å². The van der Waals surface area contributed by atoms with E-state index >= 15 is 0 Å². The number of nitrogens with one attached hydrogen (secondary N) is 1. The van der Waals surface area contributed by atoms with Crippen LogP contribution in [0.15, 0.2) is 166 Å². The van der Waals surface area contributed by atoms with E-state index in [-0.39, 0.29) is 48.0 Å². The minimum Gasteiger partial charge on any atom is -0.489 e. The zero-order valence-electron chi connectivity index (χ0n) is 45.3. The van der Waals surface area contributed by atoms with Crippen LogP contribution in [0.25, 0.3) is 33.4 Å². The lowest BCUT2D eigenvalue weighted by molar-refractivity contribution is -0.154. The molecule has 25 heteroatoms. The summed E-state index contributed by atoms with van der Waals surface area (Å²) in [6.07, 6.45) is 2.52. The number of para-hydroxylation sites is 2. The highest BCUT2D eigenvalue weighted by Gasteiger charge is 2.70. The van der Waals surface area contributed by atoms with Gasteiger partial charge in [-0.2, -0.15) is 8.88 Å². The summed E-state index contributed by atoms with van der Waals surface area (Å²) in [4.78, 5) is 57.6. The maximum absolute atomic E-state index is 14.9. The van der Waals surface area contributed by atoms with Gasteiger partial charge in [-0.25, -0.2) is 21.6 Å². The standard InChI is InChI=1S/C59H51Cl2N9O11S3/c1-59(33-68-26-25-62-64-68)54(69-49(71)29-50(69)83(59,76)77)55(72)63-52-56(73)70-53(58(74)75)35(32-82-57(52)70)31-80-38-21-17-34(18-22-38)30-65(2)84(78,79)48-16-10-5-11-41(48)51-39-23-19-36(66(3)44-14-8-6-12-42(44)60)27-46(39)81-47-28-37(20-24-40(47)51)67(4)45-15-9-7-13-43(45)61/h5-28,50,52,54,57H,29-33H2,1-4H3,(H-,63,72,74,75)/p+1/t50-,52-,54+,57?,59-/m1/s1. The van der Waals surface area contributed by atoms with Gasteiger partial charge >= 0.3 is 5.97 Å². The molecule has 430 valence electrons. The number of carboxylic acids is 1. The number of thioether (sulfide) groups is 1. The van der Waals surface area contributed by atoms with Gasteiger partial charge in [-0.05, 0) is 67.1 Å². The molecular weight excluding hydrogens is 1180 g/mol. The number of aromatic nitrogens is 3. The number of halogens is 2. The van der Waals surface area contributed by atoms with Crippen molar-refractivity contribution in [2.24, 2.45) is 0 Å². The Morgan fingerprint density at radius 2 is 1.65 bits per heavy atom. The molecule has 3 saturated heterocycles. The fourth-order valence-corrected chi connectivity index (χ4v) is 17.1. The van der Waals surface area contributed by atoms with Crippen molar-refractivity contribution in [1.82, 2.24) is 39.0 Å². The van der Waals surface area contributed by atoms with Crippen LogP contribution in [0.3, 0.4) is 0 Å². The molecule has 6 heterocycles. The van der Waals surface area contributed by atoms with Crippen LogP contribution in [0.1, 0.15) is 18.9 Å². The van der Waals surface area contributed by atoms with Crippen molar-refractivity contribution in [3.05, 3.63) is 178 Å². The third-order valence-electron chi connectivity index (χ3n) is 16.0. The summed E-state index contributed by atoms with van der Waals surface area (Å²) in [5, 5.41) is 21.2. The molecule has 84 heavy (non-hydrogen) atoms. The number of rotatable bonds is 16. The van der Waals surface area contributed by atoms with E-state index in [0.29, 0.717) is 54.8 Å². The molecule has 3 amide bonds. The second kappa shape index (κ2) is 21.5. The van der Waals surface area contributed by atoms with E-state index in [9.17, 15) is 41.1 Å². The fraction of sp³-hybridized carbons (Fsp3) is 0.237. The predicted octanol–water partition coefficient (Wildman–Crippen LogP) is 7.36. The lowest BCUT2D eigenvalue weighted by atomic mass is 9.93. The van der Waals surface area contributed by atoms with Crippen molar-refractivity contribution in [3.8, 4) is 28.2 Å². The van der Waals surface area contributed by atoms with Crippen molar-refractivity contribution < 1.29 is 50.3 Å². The molecule has 2 N–H and O–H groups in total. The van der Waals surface area contributed by atoms with Gasteiger partial charge in [0, 0.05) is 84.1 Å². The topological polar surface area (TPSA) is 238 Å². The van der Waals surface area contributed by atoms with Crippen LogP contribution < -0.4 is 24.9 Å². The summed E-state index contributed by atoms with van der Waals surface area (Å²) in [6.45, 7) is 0.822.